The lowest BCUT2D eigenvalue weighted by molar-refractivity contribution is 0.266. The van der Waals surface area contributed by atoms with Gasteiger partial charge in [0.25, 0.3) is 0 Å². The van der Waals surface area contributed by atoms with Crippen molar-refractivity contribution < 1.29 is 5.11 Å². The van der Waals surface area contributed by atoms with E-state index in [0.717, 1.165) is 34.1 Å². The molecule has 5 heteroatoms. The topological polar surface area (TPSA) is 36.4 Å². The molecular weight excluding hydrogens is 324 g/mol. The summed E-state index contributed by atoms with van der Waals surface area (Å²) in [5.41, 5.74) is 0. The highest BCUT2D eigenvalue weighted by atomic mass is 79.9. The molecule has 1 aromatic heterocycles. The second-order valence-corrected chi connectivity index (χ2v) is 5.40. The average Bonchev–Trinajstić information content (AvgIpc) is 2.65. The van der Waals surface area contributed by atoms with Crippen LogP contribution in [-0.4, -0.2) is 29.3 Å². The minimum absolute atomic E-state index is 0.199. The molecule has 1 N–H and O–H groups in total. The molecule has 0 radical (unpaired) electrons. The van der Waals surface area contributed by atoms with Crippen LogP contribution in [0.1, 0.15) is 12.8 Å². The first kappa shape index (κ1) is 11.4. The molecule has 0 bridgehead atoms. The molecule has 82 valence electrons. The highest BCUT2D eigenvalue weighted by Crippen LogP contribution is 2.31. The van der Waals surface area contributed by atoms with Crippen molar-refractivity contribution in [3.8, 4) is 0 Å². The van der Waals surface area contributed by atoms with E-state index in [1.165, 1.54) is 0 Å². The minimum atomic E-state index is 0.199. The summed E-state index contributed by atoms with van der Waals surface area (Å²) in [5.74, 6) is 0.926. The Morgan fingerprint density at radius 2 is 2.33 bits per heavy atom. The maximum absolute atomic E-state index is 9.25. The second-order valence-electron chi connectivity index (χ2n) is 3.63. The predicted molar refractivity (Wildman–Crippen MR) is 67.1 cm³/mol. The molecule has 1 fully saturated rings. The molecule has 1 aromatic rings. The number of pyridine rings is 1. The fourth-order valence-corrected chi connectivity index (χ4v) is 3.14. The maximum atomic E-state index is 9.25. The van der Waals surface area contributed by atoms with Gasteiger partial charge in [0, 0.05) is 17.2 Å². The SMILES string of the molecule is OCC1CCCN1c1ncc(Br)cc1Br. The van der Waals surface area contributed by atoms with Gasteiger partial charge in [0.2, 0.25) is 0 Å². The van der Waals surface area contributed by atoms with Crippen LogP contribution in [0, 0.1) is 0 Å². The van der Waals surface area contributed by atoms with Crippen molar-refractivity contribution in [3.63, 3.8) is 0 Å². The molecular formula is C10H12Br2N2O. The zero-order chi connectivity index (χ0) is 10.8. The third-order valence-corrected chi connectivity index (χ3v) is 3.67. The molecule has 2 heterocycles. The van der Waals surface area contributed by atoms with Crippen LogP contribution in [0.3, 0.4) is 0 Å². The standard InChI is InChI=1S/C10H12Br2N2O/c11-7-4-9(12)10(13-5-7)14-3-1-2-8(14)6-15/h4-5,8,15H,1-3,6H2. The van der Waals surface area contributed by atoms with Crippen molar-refractivity contribution in [2.75, 3.05) is 18.1 Å². The van der Waals surface area contributed by atoms with Crippen LogP contribution < -0.4 is 4.90 Å². The molecule has 1 atom stereocenters. The Labute approximate surface area is 106 Å². The first-order valence-corrected chi connectivity index (χ1v) is 6.49. The van der Waals surface area contributed by atoms with Gasteiger partial charge in [0.15, 0.2) is 0 Å². The zero-order valence-electron chi connectivity index (χ0n) is 8.16. The van der Waals surface area contributed by atoms with E-state index in [4.69, 9.17) is 0 Å². The molecule has 1 unspecified atom stereocenters. The van der Waals surface area contributed by atoms with Gasteiger partial charge in [-0.05, 0) is 50.8 Å². The van der Waals surface area contributed by atoms with Crippen LogP contribution in [0.5, 0.6) is 0 Å². The van der Waals surface area contributed by atoms with Crippen molar-refractivity contribution in [3.05, 3.63) is 21.2 Å². The van der Waals surface area contributed by atoms with E-state index >= 15 is 0 Å². The highest BCUT2D eigenvalue weighted by Gasteiger charge is 2.26. The Morgan fingerprint density at radius 3 is 3.00 bits per heavy atom. The largest absolute Gasteiger partial charge is 0.394 e. The average molecular weight is 336 g/mol. The first-order chi connectivity index (χ1) is 7.22. The fourth-order valence-electron chi connectivity index (χ4n) is 1.92. The van der Waals surface area contributed by atoms with E-state index in [-0.39, 0.29) is 12.6 Å². The lowest BCUT2D eigenvalue weighted by Gasteiger charge is -2.25. The predicted octanol–water partition coefficient (Wildman–Crippen LogP) is 2.57. The number of aromatic nitrogens is 1. The van der Waals surface area contributed by atoms with E-state index in [1.807, 2.05) is 6.07 Å². The molecule has 2 rings (SSSR count). The Kier molecular flexibility index (Phi) is 3.64. The molecule has 0 spiro atoms. The Hall–Kier alpha value is -0.130. The first-order valence-electron chi connectivity index (χ1n) is 4.91. The molecule has 1 aliphatic rings. The summed E-state index contributed by atoms with van der Waals surface area (Å²) in [7, 11) is 0. The van der Waals surface area contributed by atoms with Crippen molar-refractivity contribution in [1.82, 2.24) is 4.98 Å². The van der Waals surface area contributed by atoms with E-state index in [9.17, 15) is 5.11 Å². The van der Waals surface area contributed by atoms with E-state index in [1.54, 1.807) is 6.20 Å². The van der Waals surface area contributed by atoms with Crippen LogP contribution in [0.2, 0.25) is 0 Å². The summed E-state index contributed by atoms with van der Waals surface area (Å²) < 4.78 is 1.93. The molecule has 3 nitrogen and oxygen atoms in total. The summed E-state index contributed by atoms with van der Waals surface area (Å²) >= 11 is 6.87. The highest BCUT2D eigenvalue weighted by molar-refractivity contribution is 9.11. The Morgan fingerprint density at radius 1 is 1.53 bits per heavy atom. The second kappa shape index (κ2) is 4.80. The zero-order valence-corrected chi connectivity index (χ0v) is 11.3. The summed E-state index contributed by atoms with van der Waals surface area (Å²) in [4.78, 5) is 6.54. The van der Waals surface area contributed by atoms with Gasteiger partial charge in [-0.25, -0.2) is 4.98 Å². The normalized spacial score (nSPS) is 21.0. The lowest BCUT2D eigenvalue weighted by atomic mass is 10.2. The summed E-state index contributed by atoms with van der Waals surface area (Å²) in [6, 6.07) is 2.20. The van der Waals surface area contributed by atoms with Gasteiger partial charge in [0.05, 0.1) is 17.1 Å². The summed E-state index contributed by atoms with van der Waals surface area (Å²) in [6.07, 6.45) is 3.95. The lowest BCUT2D eigenvalue weighted by Crippen LogP contribution is -2.32. The minimum Gasteiger partial charge on any atom is -0.394 e. The van der Waals surface area contributed by atoms with Crippen molar-refractivity contribution in [1.29, 1.82) is 0 Å². The van der Waals surface area contributed by atoms with Gasteiger partial charge < -0.3 is 10.0 Å². The number of anilines is 1. The monoisotopic (exact) mass is 334 g/mol. The number of hydrogen-bond donors (Lipinski definition) is 1. The third kappa shape index (κ3) is 2.34. The third-order valence-electron chi connectivity index (χ3n) is 2.65. The Balaban J connectivity index is 2.28. The molecule has 15 heavy (non-hydrogen) atoms. The van der Waals surface area contributed by atoms with E-state index in [0.29, 0.717) is 0 Å². The molecule has 0 amide bonds. The van der Waals surface area contributed by atoms with Gasteiger partial charge in [-0.2, -0.15) is 0 Å². The quantitative estimate of drug-likeness (QED) is 0.902. The number of halogens is 2. The van der Waals surface area contributed by atoms with Gasteiger partial charge in [0.1, 0.15) is 5.82 Å². The summed E-state index contributed by atoms with van der Waals surface area (Å²) in [5, 5.41) is 9.25. The van der Waals surface area contributed by atoms with Crippen LogP contribution in [0.15, 0.2) is 21.2 Å². The number of rotatable bonds is 2. The molecule has 1 aliphatic heterocycles. The van der Waals surface area contributed by atoms with Crippen LogP contribution in [0.4, 0.5) is 5.82 Å². The number of nitrogens with zero attached hydrogens (tertiary/aromatic N) is 2. The van der Waals surface area contributed by atoms with Crippen LogP contribution >= 0.6 is 31.9 Å². The van der Waals surface area contributed by atoms with Crippen LogP contribution in [-0.2, 0) is 0 Å². The molecule has 1 saturated heterocycles. The van der Waals surface area contributed by atoms with Crippen molar-refractivity contribution in [2.45, 2.75) is 18.9 Å². The van der Waals surface area contributed by atoms with Crippen LogP contribution in [0.25, 0.3) is 0 Å². The number of hydrogen-bond acceptors (Lipinski definition) is 3. The smallest absolute Gasteiger partial charge is 0.143 e. The number of aliphatic hydroxyl groups excluding tert-OH is 1. The fraction of sp³-hybridized carbons (Fsp3) is 0.500. The van der Waals surface area contributed by atoms with Gasteiger partial charge in [-0.15, -0.1) is 0 Å². The van der Waals surface area contributed by atoms with E-state index < -0.39 is 0 Å². The molecule has 0 aliphatic carbocycles. The Bertz CT molecular complexity index is 359. The van der Waals surface area contributed by atoms with Gasteiger partial charge >= 0.3 is 0 Å². The van der Waals surface area contributed by atoms with Crippen molar-refractivity contribution >= 4 is 37.7 Å². The van der Waals surface area contributed by atoms with Gasteiger partial charge in [-0.3, -0.25) is 0 Å². The molecule has 0 saturated carbocycles. The maximum Gasteiger partial charge on any atom is 0.143 e. The van der Waals surface area contributed by atoms with Gasteiger partial charge in [-0.1, -0.05) is 0 Å². The summed E-state index contributed by atoms with van der Waals surface area (Å²) in [6.45, 7) is 1.17. The molecule has 0 aromatic carbocycles. The van der Waals surface area contributed by atoms with Crippen molar-refractivity contribution in [2.24, 2.45) is 0 Å². The number of aliphatic hydroxyl groups is 1. The van der Waals surface area contributed by atoms with E-state index in [2.05, 4.69) is 41.7 Å².